The first-order valence-electron chi connectivity index (χ1n) is 10.9. The van der Waals surface area contributed by atoms with Crippen molar-refractivity contribution in [1.29, 1.82) is 0 Å². The quantitative estimate of drug-likeness (QED) is 0.617. The van der Waals surface area contributed by atoms with E-state index in [2.05, 4.69) is 10.4 Å². The molecule has 1 aromatic heterocycles. The first kappa shape index (κ1) is 21.8. The Morgan fingerprint density at radius 1 is 1.16 bits per heavy atom. The predicted octanol–water partition coefficient (Wildman–Crippen LogP) is 3.75. The molecule has 2 amide bonds. The van der Waals surface area contributed by atoms with E-state index in [4.69, 9.17) is 4.74 Å². The van der Waals surface area contributed by atoms with Gasteiger partial charge >= 0.3 is 0 Å². The zero-order valence-corrected chi connectivity index (χ0v) is 18.5. The van der Waals surface area contributed by atoms with Crippen LogP contribution in [0.3, 0.4) is 0 Å². The summed E-state index contributed by atoms with van der Waals surface area (Å²) in [4.78, 5) is 27.7. The molecular formula is C25H28N4O3. The van der Waals surface area contributed by atoms with Crippen molar-refractivity contribution >= 4 is 17.5 Å². The van der Waals surface area contributed by atoms with Gasteiger partial charge in [0.05, 0.1) is 11.8 Å². The number of hydrogen-bond donors (Lipinski definition) is 1. The minimum atomic E-state index is -0.224. The summed E-state index contributed by atoms with van der Waals surface area (Å²) in [6, 6.07) is 14.9. The average molecular weight is 433 g/mol. The van der Waals surface area contributed by atoms with Gasteiger partial charge in [0.2, 0.25) is 5.91 Å². The molecule has 0 saturated carbocycles. The third-order valence-electron chi connectivity index (χ3n) is 5.83. The minimum Gasteiger partial charge on any atom is -0.376 e. The van der Waals surface area contributed by atoms with E-state index in [1.165, 1.54) is 0 Å². The van der Waals surface area contributed by atoms with Crippen LogP contribution in [0, 0.1) is 13.8 Å². The summed E-state index contributed by atoms with van der Waals surface area (Å²) in [5, 5.41) is 7.16. The number of hydrogen-bond acceptors (Lipinski definition) is 4. The van der Waals surface area contributed by atoms with Crippen LogP contribution >= 0.6 is 0 Å². The van der Waals surface area contributed by atoms with Crippen molar-refractivity contribution in [2.24, 2.45) is 0 Å². The van der Waals surface area contributed by atoms with Crippen LogP contribution in [0.5, 0.6) is 0 Å². The summed E-state index contributed by atoms with van der Waals surface area (Å²) in [6.07, 6.45) is 5.37. The van der Waals surface area contributed by atoms with Crippen molar-refractivity contribution < 1.29 is 14.3 Å². The number of aryl methyl sites for hydroxylation is 1. The highest BCUT2D eigenvalue weighted by molar-refractivity contribution is 5.99. The molecule has 0 unspecified atom stereocenters. The number of anilines is 1. The van der Waals surface area contributed by atoms with E-state index >= 15 is 0 Å². The van der Waals surface area contributed by atoms with Gasteiger partial charge in [-0.05, 0) is 74.2 Å². The first-order chi connectivity index (χ1) is 15.5. The molecule has 1 aliphatic heterocycles. The van der Waals surface area contributed by atoms with E-state index in [1.807, 2.05) is 56.4 Å². The molecule has 4 rings (SSSR count). The van der Waals surface area contributed by atoms with Crippen molar-refractivity contribution in [2.45, 2.75) is 32.8 Å². The highest BCUT2D eigenvalue weighted by Crippen LogP contribution is 2.19. The molecule has 7 nitrogen and oxygen atoms in total. The van der Waals surface area contributed by atoms with Gasteiger partial charge in [-0.2, -0.15) is 5.10 Å². The topological polar surface area (TPSA) is 76.5 Å². The molecule has 2 aromatic carbocycles. The summed E-state index contributed by atoms with van der Waals surface area (Å²) in [5.41, 5.74) is 4.28. The van der Waals surface area contributed by atoms with E-state index in [1.54, 1.807) is 27.9 Å². The molecular weight excluding hydrogens is 404 g/mol. The van der Waals surface area contributed by atoms with Crippen LogP contribution in [0.1, 0.15) is 34.3 Å². The highest BCUT2D eigenvalue weighted by atomic mass is 16.5. The lowest BCUT2D eigenvalue weighted by Crippen LogP contribution is -2.42. The number of benzene rings is 2. The van der Waals surface area contributed by atoms with E-state index in [0.29, 0.717) is 18.7 Å². The number of rotatable bonds is 7. The van der Waals surface area contributed by atoms with Gasteiger partial charge in [0.1, 0.15) is 6.54 Å². The fraction of sp³-hybridized carbons (Fsp3) is 0.320. The Balaban J connectivity index is 1.49. The summed E-state index contributed by atoms with van der Waals surface area (Å²) < 4.78 is 7.47. The number of aromatic nitrogens is 2. The predicted molar refractivity (Wildman–Crippen MR) is 123 cm³/mol. The third kappa shape index (κ3) is 5.06. The second-order valence-electron chi connectivity index (χ2n) is 8.11. The molecule has 0 spiro atoms. The molecule has 1 fully saturated rings. The normalized spacial score (nSPS) is 15.5. The fourth-order valence-electron chi connectivity index (χ4n) is 3.86. The van der Waals surface area contributed by atoms with Crippen LogP contribution in [0.25, 0.3) is 5.69 Å². The van der Waals surface area contributed by atoms with Crippen LogP contribution in [0.15, 0.2) is 60.9 Å². The van der Waals surface area contributed by atoms with E-state index in [9.17, 15) is 9.59 Å². The third-order valence-corrected chi connectivity index (χ3v) is 5.83. The second-order valence-corrected chi connectivity index (χ2v) is 8.11. The molecule has 166 valence electrons. The molecule has 1 saturated heterocycles. The summed E-state index contributed by atoms with van der Waals surface area (Å²) >= 11 is 0. The van der Waals surface area contributed by atoms with Gasteiger partial charge in [0.15, 0.2) is 0 Å². The number of nitrogens with one attached hydrogen (secondary N) is 1. The zero-order chi connectivity index (χ0) is 22.5. The monoisotopic (exact) mass is 432 g/mol. The van der Waals surface area contributed by atoms with Gasteiger partial charge in [-0.3, -0.25) is 9.59 Å². The van der Waals surface area contributed by atoms with Crippen molar-refractivity contribution in [2.75, 3.05) is 25.0 Å². The minimum absolute atomic E-state index is 0.0347. The Hall–Kier alpha value is -3.45. The van der Waals surface area contributed by atoms with Crippen molar-refractivity contribution in [1.82, 2.24) is 14.7 Å². The van der Waals surface area contributed by atoms with E-state index < -0.39 is 0 Å². The maximum atomic E-state index is 13.3. The van der Waals surface area contributed by atoms with Crippen molar-refractivity contribution in [3.63, 3.8) is 0 Å². The largest absolute Gasteiger partial charge is 0.376 e. The van der Waals surface area contributed by atoms with Gasteiger partial charge in [0, 0.05) is 36.8 Å². The molecule has 32 heavy (non-hydrogen) atoms. The number of ether oxygens (including phenoxy) is 1. The lowest BCUT2D eigenvalue weighted by atomic mass is 10.1. The van der Waals surface area contributed by atoms with Gasteiger partial charge in [0.25, 0.3) is 5.91 Å². The summed E-state index contributed by atoms with van der Waals surface area (Å²) in [5.74, 6) is -0.415. The van der Waals surface area contributed by atoms with Crippen molar-refractivity contribution in [3.05, 3.63) is 77.6 Å². The molecule has 1 N–H and O–H groups in total. The Morgan fingerprint density at radius 2 is 1.97 bits per heavy atom. The average Bonchev–Trinajstić information content (AvgIpc) is 3.51. The Morgan fingerprint density at radius 3 is 2.66 bits per heavy atom. The number of carbonyl (C=O) groups is 2. The van der Waals surface area contributed by atoms with Gasteiger partial charge < -0.3 is 15.0 Å². The number of nitrogens with zero attached hydrogens (tertiary/aromatic N) is 3. The molecule has 0 radical (unpaired) electrons. The van der Waals surface area contributed by atoms with Crippen LogP contribution in [0.4, 0.5) is 5.69 Å². The first-order valence-corrected chi connectivity index (χ1v) is 10.9. The lowest BCUT2D eigenvalue weighted by Gasteiger charge is -2.25. The van der Waals surface area contributed by atoms with Crippen LogP contribution in [0.2, 0.25) is 0 Å². The molecule has 7 heteroatoms. The van der Waals surface area contributed by atoms with Crippen LogP contribution in [-0.2, 0) is 9.53 Å². The molecule has 0 bridgehead atoms. The maximum Gasteiger partial charge on any atom is 0.254 e. The van der Waals surface area contributed by atoms with Crippen LogP contribution < -0.4 is 5.32 Å². The number of amides is 2. The lowest BCUT2D eigenvalue weighted by molar-refractivity contribution is -0.117. The molecule has 2 heterocycles. The standard InChI is InChI=1S/C25H28N4O3/c1-18-6-3-8-23(19(18)2)27-24(30)17-28(16-22-7-4-15-32-22)25(31)20-9-11-21(12-10-20)29-14-5-13-26-29/h3,5-6,8-14,22H,4,7,15-17H2,1-2H3,(H,27,30)/t22-/m0/s1. The fourth-order valence-corrected chi connectivity index (χ4v) is 3.86. The maximum absolute atomic E-state index is 13.3. The SMILES string of the molecule is Cc1cccc(NC(=O)CN(C[C@@H]2CCCO2)C(=O)c2ccc(-n3cccn3)cc2)c1C. The molecule has 1 aliphatic rings. The Bertz CT molecular complexity index is 1070. The zero-order valence-electron chi connectivity index (χ0n) is 18.5. The highest BCUT2D eigenvalue weighted by Gasteiger charge is 2.25. The van der Waals surface area contributed by atoms with Gasteiger partial charge in [-0.15, -0.1) is 0 Å². The second kappa shape index (κ2) is 9.78. The molecule has 1 atom stereocenters. The van der Waals surface area contributed by atoms with Gasteiger partial charge in [-0.1, -0.05) is 12.1 Å². The summed E-state index contributed by atoms with van der Waals surface area (Å²) in [7, 11) is 0. The van der Waals surface area contributed by atoms with Crippen molar-refractivity contribution in [3.8, 4) is 5.69 Å². The molecule has 0 aliphatic carbocycles. The van der Waals surface area contributed by atoms with E-state index in [-0.39, 0.29) is 24.5 Å². The Kier molecular flexibility index (Phi) is 6.66. The smallest absolute Gasteiger partial charge is 0.254 e. The number of carbonyl (C=O) groups excluding carboxylic acids is 2. The van der Waals surface area contributed by atoms with Gasteiger partial charge in [-0.25, -0.2) is 4.68 Å². The Labute approximate surface area is 188 Å². The molecule has 3 aromatic rings. The van der Waals surface area contributed by atoms with Crippen LogP contribution in [-0.4, -0.2) is 52.3 Å². The summed E-state index contributed by atoms with van der Waals surface area (Å²) in [6.45, 7) is 5.03. The van der Waals surface area contributed by atoms with E-state index in [0.717, 1.165) is 35.3 Å².